The first-order valence-corrected chi connectivity index (χ1v) is 5.13. The molecule has 16 heavy (non-hydrogen) atoms. The van der Waals surface area contributed by atoms with Crippen molar-refractivity contribution in [3.05, 3.63) is 11.7 Å². The lowest BCUT2D eigenvalue weighted by Crippen LogP contribution is -2.34. The molecule has 1 unspecified atom stereocenters. The Balaban J connectivity index is 2.03. The number of morpholine rings is 1. The SMILES string of the molecule is CCOC(=O)c1noc(C2COCCN2)n1. The zero-order valence-electron chi connectivity index (χ0n) is 8.93. The molecule has 0 radical (unpaired) electrons. The van der Waals surface area contributed by atoms with E-state index in [0.717, 1.165) is 6.54 Å². The third-order valence-electron chi connectivity index (χ3n) is 2.12. The van der Waals surface area contributed by atoms with Crippen LogP contribution in [0.15, 0.2) is 4.52 Å². The quantitative estimate of drug-likeness (QED) is 0.722. The predicted molar refractivity (Wildman–Crippen MR) is 51.8 cm³/mol. The summed E-state index contributed by atoms with van der Waals surface area (Å²) in [4.78, 5) is 15.2. The van der Waals surface area contributed by atoms with Crippen LogP contribution in [0.5, 0.6) is 0 Å². The van der Waals surface area contributed by atoms with Crippen LogP contribution in [0.3, 0.4) is 0 Å². The predicted octanol–water partition coefficient (Wildman–Crippen LogP) is -0.0928. The minimum absolute atomic E-state index is 0.0516. The first-order valence-electron chi connectivity index (χ1n) is 5.13. The molecule has 0 bridgehead atoms. The lowest BCUT2D eigenvalue weighted by atomic mass is 10.3. The van der Waals surface area contributed by atoms with Crippen molar-refractivity contribution in [1.29, 1.82) is 0 Å². The summed E-state index contributed by atoms with van der Waals surface area (Å²) in [5.41, 5.74) is 0. The van der Waals surface area contributed by atoms with Gasteiger partial charge < -0.3 is 19.3 Å². The van der Waals surface area contributed by atoms with E-state index in [1.54, 1.807) is 6.92 Å². The minimum Gasteiger partial charge on any atom is -0.460 e. The van der Waals surface area contributed by atoms with Crippen LogP contribution in [0.4, 0.5) is 0 Å². The molecule has 88 valence electrons. The van der Waals surface area contributed by atoms with E-state index in [2.05, 4.69) is 15.5 Å². The first-order chi connectivity index (χ1) is 7.81. The number of hydrogen-bond acceptors (Lipinski definition) is 7. The van der Waals surface area contributed by atoms with Gasteiger partial charge in [0.05, 0.1) is 19.8 Å². The fourth-order valence-corrected chi connectivity index (χ4v) is 1.38. The molecule has 1 fully saturated rings. The van der Waals surface area contributed by atoms with Gasteiger partial charge in [0.1, 0.15) is 6.04 Å². The number of rotatable bonds is 3. The van der Waals surface area contributed by atoms with Crippen LogP contribution in [0.2, 0.25) is 0 Å². The second-order valence-electron chi connectivity index (χ2n) is 3.26. The molecule has 1 N–H and O–H groups in total. The zero-order valence-corrected chi connectivity index (χ0v) is 8.93. The Labute approximate surface area is 92.1 Å². The number of esters is 1. The Morgan fingerprint density at radius 2 is 2.56 bits per heavy atom. The van der Waals surface area contributed by atoms with Gasteiger partial charge in [0.15, 0.2) is 0 Å². The minimum atomic E-state index is -0.575. The molecule has 1 aromatic heterocycles. The summed E-state index contributed by atoms with van der Waals surface area (Å²) in [6, 6.07) is -0.149. The first kappa shape index (κ1) is 11.0. The van der Waals surface area contributed by atoms with Crippen molar-refractivity contribution in [2.45, 2.75) is 13.0 Å². The molecule has 0 amide bonds. The van der Waals surface area contributed by atoms with Gasteiger partial charge in [-0.25, -0.2) is 4.79 Å². The highest BCUT2D eigenvalue weighted by Crippen LogP contribution is 2.13. The maximum Gasteiger partial charge on any atom is 0.379 e. The van der Waals surface area contributed by atoms with E-state index >= 15 is 0 Å². The van der Waals surface area contributed by atoms with E-state index in [1.165, 1.54) is 0 Å². The van der Waals surface area contributed by atoms with Crippen LogP contribution in [0, 0.1) is 0 Å². The van der Waals surface area contributed by atoms with Crippen LogP contribution in [0.25, 0.3) is 0 Å². The van der Waals surface area contributed by atoms with Crippen molar-refractivity contribution in [2.24, 2.45) is 0 Å². The van der Waals surface area contributed by atoms with Crippen molar-refractivity contribution in [2.75, 3.05) is 26.4 Å². The standard InChI is InChI=1S/C9H13N3O4/c1-2-15-9(13)7-11-8(16-12-7)6-5-14-4-3-10-6/h6,10H,2-5H2,1H3. The van der Waals surface area contributed by atoms with Gasteiger partial charge in [-0.3, -0.25) is 0 Å². The van der Waals surface area contributed by atoms with E-state index in [1.807, 2.05) is 0 Å². The molecule has 1 aromatic rings. The van der Waals surface area contributed by atoms with Gasteiger partial charge in [-0.2, -0.15) is 4.98 Å². The summed E-state index contributed by atoms with van der Waals surface area (Å²) in [5.74, 6) is -0.277. The molecule has 7 heteroatoms. The van der Waals surface area contributed by atoms with Gasteiger partial charge in [0.2, 0.25) is 5.89 Å². The smallest absolute Gasteiger partial charge is 0.379 e. The largest absolute Gasteiger partial charge is 0.460 e. The second-order valence-corrected chi connectivity index (χ2v) is 3.26. The van der Waals surface area contributed by atoms with Crippen molar-refractivity contribution >= 4 is 5.97 Å². The van der Waals surface area contributed by atoms with Gasteiger partial charge in [-0.15, -0.1) is 0 Å². The molecule has 0 saturated carbocycles. The van der Waals surface area contributed by atoms with Gasteiger partial charge in [-0.05, 0) is 12.1 Å². The second kappa shape index (κ2) is 5.04. The molecule has 0 aliphatic carbocycles. The average Bonchev–Trinajstić information content (AvgIpc) is 2.80. The lowest BCUT2D eigenvalue weighted by molar-refractivity contribution is 0.0508. The molecular formula is C9H13N3O4. The summed E-state index contributed by atoms with van der Waals surface area (Å²) in [7, 11) is 0. The third kappa shape index (κ3) is 2.37. The molecule has 0 aromatic carbocycles. The van der Waals surface area contributed by atoms with Gasteiger partial charge in [0, 0.05) is 6.54 Å². The maximum absolute atomic E-state index is 11.3. The van der Waals surface area contributed by atoms with E-state index in [0.29, 0.717) is 19.1 Å². The van der Waals surface area contributed by atoms with Crippen molar-refractivity contribution in [1.82, 2.24) is 15.5 Å². The normalized spacial score (nSPS) is 20.7. The fraction of sp³-hybridized carbons (Fsp3) is 0.667. The Morgan fingerprint density at radius 3 is 3.25 bits per heavy atom. The van der Waals surface area contributed by atoms with Crippen LogP contribution in [0.1, 0.15) is 29.5 Å². The van der Waals surface area contributed by atoms with Gasteiger partial charge >= 0.3 is 5.97 Å². The Morgan fingerprint density at radius 1 is 1.69 bits per heavy atom. The highest BCUT2D eigenvalue weighted by molar-refractivity contribution is 5.84. The van der Waals surface area contributed by atoms with Crippen molar-refractivity contribution < 1.29 is 18.8 Å². The highest BCUT2D eigenvalue weighted by atomic mass is 16.5. The van der Waals surface area contributed by atoms with Crippen LogP contribution in [-0.4, -0.2) is 42.5 Å². The van der Waals surface area contributed by atoms with Gasteiger partial charge in [0.25, 0.3) is 5.82 Å². The highest BCUT2D eigenvalue weighted by Gasteiger charge is 2.24. The summed E-state index contributed by atoms with van der Waals surface area (Å²) in [6.07, 6.45) is 0. The monoisotopic (exact) mass is 227 g/mol. The molecule has 0 spiro atoms. The summed E-state index contributed by atoms with van der Waals surface area (Å²) >= 11 is 0. The number of nitrogens with zero attached hydrogens (tertiary/aromatic N) is 2. The van der Waals surface area contributed by atoms with Crippen LogP contribution < -0.4 is 5.32 Å². The molecule has 7 nitrogen and oxygen atoms in total. The number of carbonyl (C=O) groups excluding carboxylic acids is 1. The van der Waals surface area contributed by atoms with E-state index in [-0.39, 0.29) is 18.5 Å². The number of ether oxygens (including phenoxy) is 2. The molecule has 2 rings (SSSR count). The number of carbonyl (C=O) groups is 1. The van der Waals surface area contributed by atoms with E-state index < -0.39 is 5.97 Å². The molecule has 1 aliphatic rings. The molecule has 1 atom stereocenters. The lowest BCUT2D eigenvalue weighted by Gasteiger charge is -2.20. The number of nitrogens with one attached hydrogen (secondary N) is 1. The maximum atomic E-state index is 11.3. The third-order valence-corrected chi connectivity index (χ3v) is 2.12. The van der Waals surface area contributed by atoms with Crippen molar-refractivity contribution in [3.63, 3.8) is 0 Å². The van der Waals surface area contributed by atoms with Crippen LogP contribution in [-0.2, 0) is 9.47 Å². The van der Waals surface area contributed by atoms with E-state index in [4.69, 9.17) is 14.0 Å². The van der Waals surface area contributed by atoms with E-state index in [9.17, 15) is 4.79 Å². The fourth-order valence-electron chi connectivity index (χ4n) is 1.38. The number of hydrogen-bond donors (Lipinski definition) is 1. The molecule has 2 heterocycles. The molecule has 1 saturated heterocycles. The Bertz CT molecular complexity index is 359. The zero-order chi connectivity index (χ0) is 11.4. The Kier molecular flexibility index (Phi) is 3.47. The van der Waals surface area contributed by atoms with Crippen LogP contribution >= 0.6 is 0 Å². The summed E-state index contributed by atoms with van der Waals surface area (Å²) in [5, 5.41) is 6.70. The Hall–Kier alpha value is -1.47. The topological polar surface area (TPSA) is 86.5 Å². The molecule has 1 aliphatic heterocycles. The number of aromatic nitrogens is 2. The molecular weight excluding hydrogens is 214 g/mol. The summed E-state index contributed by atoms with van der Waals surface area (Å²) < 4.78 is 15.0. The van der Waals surface area contributed by atoms with Crippen molar-refractivity contribution in [3.8, 4) is 0 Å². The average molecular weight is 227 g/mol. The summed E-state index contributed by atoms with van der Waals surface area (Å²) in [6.45, 7) is 3.85. The van der Waals surface area contributed by atoms with Gasteiger partial charge in [-0.1, -0.05) is 0 Å².